The van der Waals surface area contributed by atoms with Crippen LogP contribution >= 0.6 is 11.3 Å². The van der Waals surface area contributed by atoms with Crippen molar-refractivity contribution in [2.45, 2.75) is 76.0 Å². The third-order valence-electron chi connectivity index (χ3n) is 7.84. The number of carbonyl (C=O) groups excluding carboxylic acids is 2. The molecule has 11 nitrogen and oxygen atoms in total. The van der Waals surface area contributed by atoms with E-state index in [0.717, 1.165) is 10.4 Å². The molecule has 0 aliphatic heterocycles. The van der Waals surface area contributed by atoms with Gasteiger partial charge in [-0.2, -0.15) is 8.78 Å². The molecule has 2 fully saturated rings. The Balaban J connectivity index is 1.24. The maximum Gasteiger partial charge on any atom is 0.388 e. The predicted molar refractivity (Wildman–Crippen MR) is 140 cm³/mol. The third kappa shape index (κ3) is 5.61. The number of rotatable bonds is 9. The second kappa shape index (κ2) is 10.9. The number of ether oxygens (including phenoxy) is 1. The van der Waals surface area contributed by atoms with E-state index in [1.54, 1.807) is 17.9 Å². The number of carbonyl (C=O) groups is 2. The van der Waals surface area contributed by atoms with Crippen molar-refractivity contribution in [3.63, 3.8) is 0 Å². The van der Waals surface area contributed by atoms with Crippen LogP contribution in [0, 0.1) is 5.92 Å². The molecular weight excluding hydrogens is 568 g/mol. The SMILES string of the molecule is Cn1nc(OC(F)F)cc1Nc1nncn1[C@H]1CCc2sc(NC(=O)[C@H]3C[C@H](F)C3)c(C(=O)N[C@H]3C[C@H](F)C3)c2C1. The van der Waals surface area contributed by atoms with Crippen molar-refractivity contribution >= 4 is 39.9 Å². The van der Waals surface area contributed by atoms with Gasteiger partial charge >= 0.3 is 6.61 Å². The Bertz CT molecular complexity index is 1450. The van der Waals surface area contributed by atoms with Gasteiger partial charge in [-0.05, 0) is 50.5 Å². The first-order valence-corrected chi connectivity index (χ1v) is 14.2. The molecule has 3 aliphatic rings. The fourth-order valence-electron chi connectivity index (χ4n) is 5.45. The average molecular weight is 597 g/mol. The van der Waals surface area contributed by atoms with E-state index in [9.17, 15) is 27.2 Å². The Hall–Kier alpha value is -3.69. The molecule has 220 valence electrons. The van der Waals surface area contributed by atoms with Gasteiger partial charge in [0, 0.05) is 36.0 Å². The molecule has 0 bridgehead atoms. The predicted octanol–water partition coefficient (Wildman–Crippen LogP) is 4.07. The number of aromatic nitrogens is 5. The van der Waals surface area contributed by atoms with Gasteiger partial charge in [0.05, 0.1) is 5.56 Å². The van der Waals surface area contributed by atoms with Crippen LogP contribution in [0.4, 0.5) is 34.3 Å². The molecular formula is C25H28F4N8O3S. The number of aryl methyl sites for hydroxylation is 2. The van der Waals surface area contributed by atoms with E-state index in [1.807, 2.05) is 0 Å². The smallest absolute Gasteiger partial charge is 0.388 e. The lowest BCUT2D eigenvalue weighted by atomic mass is 9.83. The molecule has 0 saturated heterocycles. The van der Waals surface area contributed by atoms with Crippen molar-refractivity contribution in [2.24, 2.45) is 13.0 Å². The molecule has 41 heavy (non-hydrogen) atoms. The number of amides is 2. The summed E-state index contributed by atoms with van der Waals surface area (Å²) in [5.41, 5.74) is 1.13. The van der Waals surface area contributed by atoms with E-state index >= 15 is 0 Å². The molecule has 3 aliphatic carbocycles. The molecule has 0 unspecified atom stereocenters. The molecule has 1 atom stereocenters. The zero-order chi connectivity index (χ0) is 28.8. The molecule has 6 rings (SSSR count). The van der Waals surface area contributed by atoms with Crippen LogP contribution in [-0.4, -0.2) is 61.4 Å². The average Bonchev–Trinajstić information content (AvgIpc) is 3.57. The summed E-state index contributed by atoms with van der Waals surface area (Å²) in [5, 5.41) is 21.3. The van der Waals surface area contributed by atoms with Crippen LogP contribution in [-0.2, 0) is 24.7 Å². The number of nitrogens with zero attached hydrogens (tertiary/aromatic N) is 5. The molecule has 2 amide bonds. The van der Waals surface area contributed by atoms with Crippen molar-refractivity contribution in [3.8, 4) is 5.88 Å². The molecule has 3 aromatic heterocycles. The second-order valence-electron chi connectivity index (χ2n) is 10.7. The highest BCUT2D eigenvalue weighted by molar-refractivity contribution is 7.17. The Labute approximate surface area is 235 Å². The van der Waals surface area contributed by atoms with Gasteiger partial charge in [-0.1, -0.05) is 0 Å². The van der Waals surface area contributed by atoms with Gasteiger partial charge in [0.2, 0.25) is 17.7 Å². The van der Waals surface area contributed by atoms with E-state index in [1.165, 1.54) is 22.1 Å². The van der Waals surface area contributed by atoms with Gasteiger partial charge in [0.1, 0.15) is 29.5 Å². The van der Waals surface area contributed by atoms with Crippen molar-refractivity contribution in [3.05, 3.63) is 28.4 Å². The van der Waals surface area contributed by atoms with Crippen LogP contribution in [0.1, 0.15) is 58.9 Å². The first-order valence-electron chi connectivity index (χ1n) is 13.3. The summed E-state index contributed by atoms with van der Waals surface area (Å²) in [6.07, 6.45) is 2.15. The lowest BCUT2D eigenvalue weighted by Crippen LogP contribution is -2.45. The number of thiophene rings is 1. The summed E-state index contributed by atoms with van der Waals surface area (Å²) in [6, 6.07) is 0.866. The Morgan fingerprint density at radius 1 is 1.17 bits per heavy atom. The summed E-state index contributed by atoms with van der Waals surface area (Å²) in [6.45, 7) is -3.01. The number of hydrogen-bond acceptors (Lipinski definition) is 8. The number of hydrogen-bond donors (Lipinski definition) is 3. The minimum absolute atomic E-state index is 0.163. The monoisotopic (exact) mass is 596 g/mol. The number of fused-ring (bicyclic) bond motifs is 1. The van der Waals surface area contributed by atoms with E-state index in [0.29, 0.717) is 41.6 Å². The normalized spacial score (nSPS) is 25.2. The molecule has 0 spiro atoms. The third-order valence-corrected chi connectivity index (χ3v) is 9.05. The molecule has 3 N–H and O–H groups in total. The first kappa shape index (κ1) is 27.5. The van der Waals surface area contributed by atoms with Crippen LogP contribution in [0.25, 0.3) is 0 Å². The summed E-state index contributed by atoms with van der Waals surface area (Å²) in [5.74, 6) is -0.686. The molecule has 3 aromatic rings. The molecule has 0 radical (unpaired) electrons. The van der Waals surface area contributed by atoms with Crippen molar-refractivity contribution in [1.82, 2.24) is 29.9 Å². The molecule has 16 heteroatoms. The van der Waals surface area contributed by atoms with Crippen molar-refractivity contribution in [2.75, 3.05) is 10.6 Å². The fourth-order valence-corrected chi connectivity index (χ4v) is 6.70. The van der Waals surface area contributed by atoms with Gasteiger partial charge in [-0.3, -0.25) is 14.2 Å². The van der Waals surface area contributed by atoms with E-state index in [4.69, 9.17) is 0 Å². The Morgan fingerprint density at radius 2 is 1.93 bits per heavy atom. The number of halogens is 4. The van der Waals surface area contributed by atoms with Crippen LogP contribution in [0.5, 0.6) is 5.88 Å². The Morgan fingerprint density at radius 3 is 2.63 bits per heavy atom. The van der Waals surface area contributed by atoms with Gasteiger partial charge in [0.25, 0.3) is 5.91 Å². The number of anilines is 3. The number of nitrogens with one attached hydrogen (secondary N) is 3. The lowest BCUT2D eigenvalue weighted by molar-refractivity contribution is -0.124. The lowest BCUT2D eigenvalue weighted by Gasteiger charge is -2.31. The second-order valence-corrected chi connectivity index (χ2v) is 11.8. The molecule has 2 saturated carbocycles. The summed E-state index contributed by atoms with van der Waals surface area (Å²) >= 11 is 1.34. The van der Waals surface area contributed by atoms with E-state index in [-0.39, 0.29) is 55.5 Å². The van der Waals surface area contributed by atoms with Crippen LogP contribution < -0.4 is 20.7 Å². The first-order chi connectivity index (χ1) is 19.6. The minimum Gasteiger partial charge on any atom is -0.415 e. The summed E-state index contributed by atoms with van der Waals surface area (Å²) in [4.78, 5) is 27.2. The van der Waals surface area contributed by atoms with E-state index in [2.05, 4.69) is 36.0 Å². The number of alkyl halides is 4. The van der Waals surface area contributed by atoms with Gasteiger partial charge in [-0.25, -0.2) is 13.5 Å². The van der Waals surface area contributed by atoms with Crippen LogP contribution in [0.15, 0.2) is 12.4 Å². The molecule has 0 aromatic carbocycles. The maximum atomic E-state index is 13.5. The standard InChI is InChI=1S/C25H28F4N8O3S/c1-36-18(9-19(35-36)40-24(28)29)32-25-34-30-10-37(25)15-2-3-17-16(8-15)20(22(39)31-14-6-13(27)7-14)23(41-17)33-21(38)11-4-12(26)5-11/h9-15,24H,2-8H2,1H3,(H,31,39)(H,32,34)(H,33,38)/t11-,12-,13-,14-,15-/m0/s1. The van der Waals surface area contributed by atoms with E-state index < -0.39 is 24.9 Å². The van der Waals surface area contributed by atoms with Crippen LogP contribution in [0.2, 0.25) is 0 Å². The zero-order valence-electron chi connectivity index (χ0n) is 21.9. The zero-order valence-corrected chi connectivity index (χ0v) is 22.8. The van der Waals surface area contributed by atoms with Crippen LogP contribution in [0.3, 0.4) is 0 Å². The largest absolute Gasteiger partial charge is 0.415 e. The molecule has 3 heterocycles. The highest BCUT2D eigenvalue weighted by Crippen LogP contribution is 2.43. The van der Waals surface area contributed by atoms with Crippen molar-refractivity contribution in [1.29, 1.82) is 0 Å². The van der Waals surface area contributed by atoms with Gasteiger partial charge < -0.3 is 20.7 Å². The quantitative estimate of drug-likeness (QED) is 0.318. The Kier molecular flexibility index (Phi) is 7.34. The van der Waals surface area contributed by atoms with Gasteiger partial charge in [0.15, 0.2) is 0 Å². The van der Waals surface area contributed by atoms with Gasteiger partial charge in [-0.15, -0.1) is 26.6 Å². The maximum absolute atomic E-state index is 13.5. The van der Waals surface area contributed by atoms with Crippen molar-refractivity contribution < 1.29 is 31.9 Å². The fraction of sp³-hybridized carbons (Fsp3) is 0.560. The highest BCUT2D eigenvalue weighted by Gasteiger charge is 2.38. The highest BCUT2D eigenvalue weighted by atomic mass is 32.1. The topological polar surface area (TPSA) is 128 Å². The summed E-state index contributed by atoms with van der Waals surface area (Å²) < 4.78 is 59.5. The summed E-state index contributed by atoms with van der Waals surface area (Å²) in [7, 11) is 1.56. The minimum atomic E-state index is -3.01.